The molecule has 0 aliphatic heterocycles. The van der Waals surface area contributed by atoms with E-state index in [0.717, 1.165) is 18.7 Å². The van der Waals surface area contributed by atoms with Gasteiger partial charge in [0.15, 0.2) is 0 Å². The van der Waals surface area contributed by atoms with Gasteiger partial charge in [-0.3, -0.25) is 0 Å². The monoisotopic (exact) mass is 235 g/mol. The van der Waals surface area contributed by atoms with Crippen molar-refractivity contribution in [2.75, 3.05) is 27.7 Å². The molecule has 0 fully saturated rings. The molecule has 2 aromatic rings. The van der Waals surface area contributed by atoms with E-state index >= 15 is 0 Å². The van der Waals surface area contributed by atoms with Crippen molar-refractivity contribution in [3.05, 3.63) is 29.1 Å². The highest BCUT2D eigenvalue weighted by molar-refractivity contribution is 7.17. The zero-order valence-corrected chi connectivity index (χ0v) is 10.8. The van der Waals surface area contributed by atoms with Crippen LogP contribution < -0.4 is 4.74 Å². The summed E-state index contributed by atoms with van der Waals surface area (Å²) in [6.45, 7) is 1.09. The largest absolute Gasteiger partial charge is 0.497 e. The predicted octanol–water partition coefficient (Wildman–Crippen LogP) is 3.01. The summed E-state index contributed by atoms with van der Waals surface area (Å²) in [7, 11) is 5.93. The van der Waals surface area contributed by atoms with Crippen LogP contribution in [0.15, 0.2) is 23.6 Å². The molecule has 0 saturated carbocycles. The molecular weight excluding hydrogens is 218 g/mol. The summed E-state index contributed by atoms with van der Waals surface area (Å²) < 4.78 is 6.61. The fourth-order valence-corrected chi connectivity index (χ4v) is 2.70. The fraction of sp³-hybridized carbons (Fsp3) is 0.385. The third-order valence-corrected chi connectivity index (χ3v) is 3.70. The molecule has 0 N–H and O–H groups in total. The average Bonchev–Trinajstić information content (AvgIpc) is 2.68. The third kappa shape index (κ3) is 2.36. The van der Waals surface area contributed by atoms with E-state index in [9.17, 15) is 0 Å². The normalized spacial score (nSPS) is 11.2. The molecule has 1 aromatic heterocycles. The van der Waals surface area contributed by atoms with Crippen LogP contribution in [0.2, 0.25) is 0 Å². The standard InChI is InChI=1S/C13H17NOS/c1-14(2)7-6-10-9-16-13-5-4-11(15-3)8-12(10)13/h4-5,8-9H,6-7H2,1-3H3. The third-order valence-electron chi connectivity index (χ3n) is 2.69. The second-order valence-electron chi connectivity index (χ2n) is 4.18. The topological polar surface area (TPSA) is 12.5 Å². The van der Waals surface area contributed by atoms with Gasteiger partial charge < -0.3 is 9.64 Å². The molecule has 0 bridgehead atoms. The van der Waals surface area contributed by atoms with Crippen LogP contribution in [0.1, 0.15) is 5.56 Å². The minimum Gasteiger partial charge on any atom is -0.497 e. The smallest absolute Gasteiger partial charge is 0.119 e. The van der Waals surface area contributed by atoms with Crippen molar-refractivity contribution >= 4 is 21.4 Å². The molecular formula is C13H17NOS. The average molecular weight is 235 g/mol. The van der Waals surface area contributed by atoms with Gasteiger partial charge in [-0.25, -0.2) is 0 Å². The zero-order valence-electron chi connectivity index (χ0n) is 9.99. The van der Waals surface area contributed by atoms with Gasteiger partial charge in [0.2, 0.25) is 0 Å². The Bertz CT molecular complexity index is 476. The minimum absolute atomic E-state index is 0.942. The fourth-order valence-electron chi connectivity index (χ4n) is 1.73. The number of fused-ring (bicyclic) bond motifs is 1. The number of hydrogen-bond donors (Lipinski definition) is 0. The van der Waals surface area contributed by atoms with E-state index in [1.165, 1.54) is 15.6 Å². The first-order valence-electron chi connectivity index (χ1n) is 5.39. The van der Waals surface area contributed by atoms with E-state index in [0.29, 0.717) is 0 Å². The van der Waals surface area contributed by atoms with Gasteiger partial charge in [-0.1, -0.05) is 0 Å². The van der Waals surface area contributed by atoms with E-state index in [4.69, 9.17) is 4.74 Å². The van der Waals surface area contributed by atoms with Crippen LogP contribution in [0.3, 0.4) is 0 Å². The first kappa shape index (κ1) is 11.4. The van der Waals surface area contributed by atoms with Crippen LogP contribution >= 0.6 is 11.3 Å². The Morgan fingerprint density at radius 2 is 2.12 bits per heavy atom. The van der Waals surface area contributed by atoms with E-state index in [2.05, 4.69) is 36.5 Å². The van der Waals surface area contributed by atoms with Crippen LogP contribution in [0, 0.1) is 0 Å². The molecule has 0 radical (unpaired) electrons. The summed E-state index contributed by atoms with van der Waals surface area (Å²) in [6.07, 6.45) is 1.10. The van der Waals surface area contributed by atoms with Crippen molar-refractivity contribution < 1.29 is 4.74 Å². The van der Waals surface area contributed by atoms with Gasteiger partial charge in [0.1, 0.15) is 5.75 Å². The maximum atomic E-state index is 5.27. The molecule has 0 aliphatic carbocycles. The van der Waals surface area contributed by atoms with E-state index in [1.807, 2.05) is 17.4 Å². The lowest BCUT2D eigenvalue weighted by Crippen LogP contribution is -2.14. The summed E-state index contributed by atoms with van der Waals surface area (Å²) in [5.74, 6) is 0.942. The molecule has 86 valence electrons. The lowest BCUT2D eigenvalue weighted by atomic mass is 10.1. The van der Waals surface area contributed by atoms with Crippen LogP contribution in [-0.4, -0.2) is 32.6 Å². The Balaban J connectivity index is 2.30. The molecule has 1 heterocycles. The molecule has 0 atom stereocenters. The van der Waals surface area contributed by atoms with Gasteiger partial charge in [0.25, 0.3) is 0 Å². The van der Waals surface area contributed by atoms with Crippen molar-refractivity contribution in [3.63, 3.8) is 0 Å². The molecule has 1 aromatic carbocycles. The van der Waals surface area contributed by atoms with Crippen molar-refractivity contribution in [2.45, 2.75) is 6.42 Å². The summed E-state index contributed by atoms with van der Waals surface area (Å²) in [5, 5.41) is 3.60. The Hall–Kier alpha value is -1.06. The van der Waals surface area contributed by atoms with Crippen LogP contribution in [0.4, 0.5) is 0 Å². The minimum atomic E-state index is 0.942. The first-order chi connectivity index (χ1) is 7.70. The van der Waals surface area contributed by atoms with Crippen LogP contribution in [-0.2, 0) is 6.42 Å². The van der Waals surface area contributed by atoms with Crippen molar-refractivity contribution in [1.29, 1.82) is 0 Å². The predicted molar refractivity (Wildman–Crippen MR) is 70.6 cm³/mol. The molecule has 0 aliphatic rings. The molecule has 3 heteroatoms. The van der Waals surface area contributed by atoms with Gasteiger partial charge in [0.05, 0.1) is 7.11 Å². The highest BCUT2D eigenvalue weighted by Crippen LogP contribution is 2.29. The van der Waals surface area contributed by atoms with Gasteiger partial charge >= 0.3 is 0 Å². The van der Waals surface area contributed by atoms with Gasteiger partial charge in [0, 0.05) is 11.2 Å². The van der Waals surface area contributed by atoms with Crippen molar-refractivity contribution in [2.24, 2.45) is 0 Å². The van der Waals surface area contributed by atoms with Crippen molar-refractivity contribution in [1.82, 2.24) is 4.90 Å². The summed E-state index contributed by atoms with van der Waals surface area (Å²) in [6, 6.07) is 6.30. The molecule has 2 nitrogen and oxygen atoms in total. The Kier molecular flexibility index (Phi) is 3.46. The summed E-state index contributed by atoms with van der Waals surface area (Å²) in [5.41, 5.74) is 1.42. The van der Waals surface area contributed by atoms with E-state index in [-0.39, 0.29) is 0 Å². The van der Waals surface area contributed by atoms with Crippen molar-refractivity contribution in [3.8, 4) is 5.75 Å². The number of hydrogen-bond acceptors (Lipinski definition) is 3. The molecule has 2 rings (SSSR count). The zero-order chi connectivity index (χ0) is 11.5. The van der Waals surface area contributed by atoms with Gasteiger partial charge in [-0.2, -0.15) is 0 Å². The molecule has 0 amide bonds. The molecule has 0 spiro atoms. The van der Waals surface area contributed by atoms with E-state index < -0.39 is 0 Å². The molecule has 0 saturated heterocycles. The second-order valence-corrected chi connectivity index (χ2v) is 5.09. The Morgan fingerprint density at radius 1 is 1.31 bits per heavy atom. The number of ether oxygens (including phenoxy) is 1. The maximum absolute atomic E-state index is 5.27. The SMILES string of the molecule is COc1ccc2scc(CCN(C)C)c2c1. The highest BCUT2D eigenvalue weighted by Gasteiger charge is 2.05. The maximum Gasteiger partial charge on any atom is 0.119 e. The van der Waals surface area contributed by atoms with Gasteiger partial charge in [-0.15, -0.1) is 11.3 Å². The Morgan fingerprint density at radius 3 is 2.81 bits per heavy atom. The first-order valence-corrected chi connectivity index (χ1v) is 6.27. The number of likely N-dealkylation sites (N-methyl/N-ethyl adjacent to an activating group) is 1. The molecule has 16 heavy (non-hydrogen) atoms. The number of nitrogens with zero attached hydrogens (tertiary/aromatic N) is 1. The highest BCUT2D eigenvalue weighted by atomic mass is 32.1. The van der Waals surface area contributed by atoms with Crippen LogP contribution in [0.5, 0.6) is 5.75 Å². The Labute approximate surface area is 100 Å². The second kappa shape index (κ2) is 4.85. The summed E-state index contributed by atoms with van der Waals surface area (Å²) >= 11 is 1.81. The number of thiophene rings is 1. The summed E-state index contributed by atoms with van der Waals surface area (Å²) in [4.78, 5) is 2.21. The number of methoxy groups -OCH3 is 1. The number of benzene rings is 1. The quantitative estimate of drug-likeness (QED) is 0.807. The van der Waals surface area contributed by atoms with Crippen LogP contribution in [0.25, 0.3) is 10.1 Å². The number of rotatable bonds is 4. The lowest BCUT2D eigenvalue weighted by Gasteiger charge is -2.08. The lowest BCUT2D eigenvalue weighted by molar-refractivity contribution is 0.413. The van der Waals surface area contributed by atoms with Gasteiger partial charge in [-0.05, 0) is 55.0 Å². The molecule has 0 unspecified atom stereocenters. The van der Waals surface area contributed by atoms with E-state index in [1.54, 1.807) is 7.11 Å².